The molecule has 2 nitrogen and oxygen atoms in total. The van der Waals surface area contributed by atoms with Crippen LogP contribution in [0.15, 0.2) is 28.7 Å². The highest BCUT2D eigenvalue weighted by molar-refractivity contribution is 5.99. The highest BCUT2D eigenvalue weighted by atomic mass is 19.1. The van der Waals surface area contributed by atoms with Crippen molar-refractivity contribution in [3.8, 4) is 0 Å². The number of furan rings is 1. The largest absolute Gasteiger partial charge is 0.450 e. The van der Waals surface area contributed by atoms with Crippen LogP contribution in [0, 0.1) is 17.7 Å². The van der Waals surface area contributed by atoms with Crippen LogP contribution in [-0.2, 0) is 0 Å². The van der Waals surface area contributed by atoms with Crippen molar-refractivity contribution in [2.24, 2.45) is 11.8 Å². The minimum absolute atomic E-state index is 0.0237. The van der Waals surface area contributed by atoms with Gasteiger partial charge >= 0.3 is 0 Å². The van der Waals surface area contributed by atoms with Gasteiger partial charge < -0.3 is 4.42 Å². The molecule has 1 aliphatic rings. The zero-order valence-electron chi connectivity index (χ0n) is 10.3. The summed E-state index contributed by atoms with van der Waals surface area (Å²) in [5, 5.41) is 0.656. The Morgan fingerprint density at radius 2 is 2.22 bits per heavy atom. The van der Waals surface area contributed by atoms with Crippen molar-refractivity contribution in [2.45, 2.75) is 26.2 Å². The summed E-state index contributed by atoms with van der Waals surface area (Å²) in [6, 6.07) is 6.39. The number of carbonyl (C=O) groups excluding carboxylic acids is 1. The van der Waals surface area contributed by atoms with Gasteiger partial charge in [-0.05, 0) is 30.9 Å². The molecule has 0 bridgehead atoms. The van der Waals surface area contributed by atoms with E-state index in [-0.39, 0.29) is 17.3 Å². The maximum absolute atomic E-state index is 13.5. The minimum atomic E-state index is -0.411. The fourth-order valence-corrected chi connectivity index (χ4v) is 2.87. The molecule has 0 N–H and O–H groups in total. The van der Waals surface area contributed by atoms with Crippen molar-refractivity contribution in [3.05, 3.63) is 35.8 Å². The van der Waals surface area contributed by atoms with E-state index >= 15 is 0 Å². The third kappa shape index (κ3) is 1.74. The van der Waals surface area contributed by atoms with Crippen LogP contribution in [0.3, 0.4) is 0 Å². The van der Waals surface area contributed by atoms with E-state index in [4.69, 9.17) is 4.42 Å². The quantitative estimate of drug-likeness (QED) is 0.744. The Morgan fingerprint density at radius 1 is 1.39 bits per heavy atom. The lowest BCUT2D eigenvalue weighted by Crippen LogP contribution is -2.16. The highest BCUT2D eigenvalue weighted by Gasteiger charge is 2.32. The lowest BCUT2D eigenvalue weighted by molar-refractivity contribution is 0.0870. The molecule has 0 saturated heterocycles. The molecule has 2 atom stereocenters. The van der Waals surface area contributed by atoms with Crippen LogP contribution < -0.4 is 0 Å². The number of para-hydroxylation sites is 1. The van der Waals surface area contributed by atoms with Gasteiger partial charge in [0.2, 0.25) is 5.78 Å². The van der Waals surface area contributed by atoms with Gasteiger partial charge in [-0.1, -0.05) is 25.5 Å². The summed E-state index contributed by atoms with van der Waals surface area (Å²) >= 11 is 0. The number of hydrogen-bond donors (Lipinski definition) is 0. The molecule has 2 unspecified atom stereocenters. The van der Waals surface area contributed by atoms with Crippen LogP contribution in [0.25, 0.3) is 11.0 Å². The Hall–Kier alpha value is -1.64. The molecule has 0 aliphatic heterocycles. The maximum Gasteiger partial charge on any atom is 0.201 e. The smallest absolute Gasteiger partial charge is 0.201 e. The summed E-state index contributed by atoms with van der Waals surface area (Å²) in [5.41, 5.74) is 0.187. The average molecular weight is 246 g/mol. The zero-order valence-corrected chi connectivity index (χ0v) is 10.3. The highest BCUT2D eigenvalue weighted by Crippen LogP contribution is 2.35. The SMILES string of the molecule is CC1CCCC1C(=O)c1cc2cccc(F)c2o1. The fourth-order valence-electron chi connectivity index (χ4n) is 2.87. The second kappa shape index (κ2) is 4.23. The summed E-state index contributed by atoms with van der Waals surface area (Å²) < 4.78 is 18.9. The lowest BCUT2D eigenvalue weighted by atomic mass is 9.92. The maximum atomic E-state index is 13.5. The van der Waals surface area contributed by atoms with E-state index in [1.54, 1.807) is 18.2 Å². The van der Waals surface area contributed by atoms with E-state index in [1.165, 1.54) is 6.07 Å². The minimum Gasteiger partial charge on any atom is -0.450 e. The Bertz CT molecular complexity index is 600. The van der Waals surface area contributed by atoms with Crippen molar-refractivity contribution in [3.63, 3.8) is 0 Å². The molecule has 2 aromatic rings. The Labute approximate surface area is 105 Å². The summed E-state index contributed by atoms with van der Waals surface area (Å²) in [7, 11) is 0. The molecule has 0 radical (unpaired) electrons. The first-order valence-electron chi connectivity index (χ1n) is 6.39. The molecule has 3 heteroatoms. The number of hydrogen-bond acceptors (Lipinski definition) is 2. The van der Waals surface area contributed by atoms with E-state index in [1.807, 2.05) is 0 Å². The number of benzene rings is 1. The van der Waals surface area contributed by atoms with Crippen LogP contribution in [0.2, 0.25) is 0 Å². The van der Waals surface area contributed by atoms with Gasteiger partial charge in [-0.3, -0.25) is 4.79 Å². The molecule has 0 spiro atoms. The molecule has 1 heterocycles. The molecule has 3 rings (SSSR count). The second-order valence-corrected chi connectivity index (χ2v) is 5.15. The molecular formula is C15H15FO2. The molecule has 0 amide bonds. The van der Waals surface area contributed by atoms with Crippen molar-refractivity contribution in [1.82, 2.24) is 0 Å². The number of carbonyl (C=O) groups is 1. The van der Waals surface area contributed by atoms with E-state index in [9.17, 15) is 9.18 Å². The van der Waals surface area contributed by atoms with Gasteiger partial charge in [-0.2, -0.15) is 0 Å². The van der Waals surface area contributed by atoms with Crippen LogP contribution >= 0.6 is 0 Å². The zero-order chi connectivity index (χ0) is 12.7. The van der Waals surface area contributed by atoms with Gasteiger partial charge in [-0.25, -0.2) is 4.39 Å². The summed E-state index contributed by atoms with van der Waals surface area (Å²) in [6.45, 7) is 2.10. The van der Waals surface area contributed by atoms with Crippen LogP contribution in [0.1, 0.15) is 36.7 Å². The number of fused-ring (bicyclic) bond motifs is 1. The van der Waals surface area contributed by atoms with Crippen LogP contribution in [-0.4, -0.2) is 5.78 Å². The molecule has 1 aromatic carbocycles. The van der Waals surface area contributed by atoms with Gasteiger partial charge in [0.15, 0.2) is 17.2 Å². The molecule has 1 saturated carbocycles. The molecule has 1 fully saturated rings. The van der Waals surface area contributed by atoms with Crippen molar-refractivity contribution in [2.75, 3.05) is 0 Å². The van der Waals surface area contributed by atoms with E-state index in [0.29, 0.717) is 17.1 Å². The van der Waals surface area contributed by atoms with E-state index < -0.39 is 5.82 Å². The number of ketones is 1. The average Bonchev–Trinajstić information content (AvgIpc) is 2.95. The van der Waals surface area contributed by atoms with Crippen molar-refractivity contribution < 1.29 is 13.6 Å². The fraction of sp³-hybridized carbons (Fsp3) is 0.400. The number of halogens is 1. The topological polar surface area (TPSA) is 30.2 Å². The molecule has 1 aromatic heterocycles. The second-order valence-electron chi connectivity index (χ2n) is 5.15. The monoisotopic (exact) mass is 246 g/mol. The van der Waals surface area contributed by atoms with Crippen LogP contribution in [0.4, 0.5) is 4.39 Å². The van der Waals surface area contributed by atoms with Gasteiger partial charge in [0.25, 0.3) is 0 Å². The van der Waals surface area contributed by atoms with Gasteiger partial charge in [0.1, 0.15) is 0 Å². The Kier molecular flexibility index (Phi) is 2.69. The normalized spacial score (nSPS) is 23.7. The van der Waals surface area contributed by atoms with Gasteiger partial charge in [0.05, 0.1) is 0 Å². The van der Waals surface area contributed by atoms with Gasteiger partial charge in [0, 0.05) is 11.3 Å². The first-order chi connectivity index (χ1) is 8.66. The van der Waals surface area contributed by atoms with Gasteiger partial charge in [-0.15, -0.1) is 0 Å². The van der Waals surface area contributed by atoms with E-state index in [2.05, 4.69) is 6.92 Å². The third-order valence-electron chi connectivity index (χ3n) is 3.94. The number of Topliss-reactive ketones (excluding diaryl/α,β-unsaturated/α-hetero) is 1. The number of rotatable bonds is 2. The molecule has 1 aliphatic carbocycles. The summed E-state index contributed by atoms with van der Waals surface area (Å²) in [5.74, 6) is 0.347. The third-order valence-corrected chi connectivity index (χ3v) is 3.94. The predicted molar refractivity (Wildman–Crippen MR) is 67.0 cm³/mol. The van der Waals surface area contributed by atoms with Crippen molar-refractivity contribution in [1.29, 1.82) is 0 Å². The standard InChI is InChI=1S/C15H15FO2/c1-9-4-2-6-11(9)14(17)13-8-10-5-3-7-12(16)15(10)18-13/h3,5,7-9,11H,2,4,6H2,1H3. The van der Waals surface area contributed by atoms with Crippen LogP contribution in [0.5, 0.6) is 0 Å². The molecule has 94 valence electrons. The summed E-state index contributed by atoms with van der Waals surface area (Å²) in [6.07, 6.45) is 3.09. The first kappa shape index (κ1) is 11.5. The van der Waals surface area contributed by atoms with E-state index in [0.717, 1.165) is 19.3 Å². The molecular weight excluding hydrogens is 231 g/mol. The molecule has 18 heavy (non-hydrogen) atoms. The van der Waals surface area contributed by atoms with Crippen molar-refractivity contribution >= 4 is 16.8 Å². The Balaban J connectivity index is 1.99. The summed E-state index contributed by atoms with van der Waals surface area (Å²) in [4.78, 5) is 12.3. The lowest BCUT2D eigenvalue weighted by Gasteiger charge is -2.11. The first-order valence-corrected chi connectivity index (χ1v) is 6.39. The Morgan fingerprint density at radius 3 is 2.89 bits per heavy atom. The predicted octanol–water partition coefficient (Wildman–Crippen LogP) is 4.19.